The van der Waals surface area contributed by atoms with Crippen LogP contribution in [0.2, 0.25) is 0 Å². The minimum Gasteiger partial charge on any atom is -0.307 e. The van der Waals surface area contributed by atoms with Crippen LogP contribution in [0.25, 0.3) is 0 Å². The van der Waals surface area contributed by atoms with Crippen molar-refractivity contribution in [3.63, 3.8) is 0 Å². The Balaban J connectivity index is 1.73. The first-order valence-electron chi connectivity index (χ1n) is 14.8. The van der Waals surface area contributed by atoms with Crippen molar-refractivity contribution >= 4 is 7.82 Å². The van der Waals surface area contributed by atoms with E-state index in [0.29, 0.717) is 17.9 Å². The highest BCUT2D eigenvalue weighted by Gasteiger charge is 2.50. The van der Waals surface area contributed by atoms with Gasteiger partial charge in [-0.15, -0.1) is 0 Å². The summed E-state index contributed by atoms with van der Waals surface area (Å²) >= 11 is 0. The molecule has 0 aromatic carbocycles. The van der Waals surface area contributed by atoms with Gasteiger partial charge in [0.05, 0.1) is 6.10 Å². The molecule has 6 atom stereocenters. The van der Waals surface area contributed by atoms with E-state index in [0.717, 1.165) is 42.6 Å². The Morgan fingerprint density at radius 2 is 1.86 bits per heavy atom. The van der Waals surface area contributed by atoms with Gasteiger partial charge < -0.3 is 14.7 Å². The van der Waals surface area contributed by atoms with Gasteiger partial charge in [-0.1, -0.05) is 76.8 Å². The molecule has 1 unspecified atom stereocenters. The van der Waals surface area contributed by atoms with Crippen LogP contribution in [0.4, 0.5) is 0 Å². The van der Waals surface area contributed by atoms with Crippen LogP contribution < -0.4 is 0 Å². The molecular formula is C31H54NO4P. The highest BCUT2D eigenvalue weighted by Crippen LogP contribution is 2.60. The van der Waals surface area contributed by atoms with E-state index in [1.54, 1.807) is 5.57 Å². The summed E-state index contributed by atoms with van der Waals surface area (Å²) in [4.78, 5) is 20.9. The molecule has 3 fully saturated rings. The number of phosphoric acid groups is 1. The average Bonchev–Trinajstić information content (AvgIpc) is 3.14. The van der Waals surface area contributed by atoms with Gasteiger partial charge in [0.1, 0.15) is 0 Å². The Hall–Kier alpha value is -0.710. The largest absolute Gasteiger partial charge is 0.469 e. The highest BCUT2D eigenvalue weighted by molar-refractivity contribution is 7.46. The number of rotatable bonds is 11. The van der Waals surface area contributed by atoms with Crippen molar-refractivity contribution < 1.29 is 18.9 Å². The third kappa shape index (κ3) is 8.39. The fourth-order valence-electron chi connectivity index (χ4n) is 7.83. The molecule has 3 aliphatic rings. The lowest BCUT2D eigenvalue weighted by Gasteiger charge is -2.44. The van der Waals surface area contributed by atoms with Crippen molar-refractivity contribution in [3.8, 4) is 0 Å². The molecule has 0 aromatic heterocycles. The fraction of sp³-hybridized carbons (Fsp3) is 0.806. The lowest BCUT2D eigenvalue weighted by atomic mass is 9.60. The zero-order valence-electron chi connectivity index (χ0n) is 24.4. The van der Waals surface area contributed by atoms with Crippen LogP contribution in [0.1, 0.15) is 98.3 Å². The number of phosphoric ester groups is 1. The molecule has 0 amide bonds. The number of fused-ring (bicyclic) bond motifs is 1. The zero-order valence-corrected chi connectivity index (χ0v) is 25.3. The summed E-state index contributed by atoms with van der Waals surface area (Å²) in [6, 6.07) is 0. The van der Waals surface area contributed by atoms with E-state index in [1.807, 2.05) is 19.0 Å². The van der Waals surface area contributed by atoms with E-state index in [4.69, 9.17) is 4.52 Å². The smallest absolute Gasteiger partial charge is 0.307 e. The summed E-state index contributed by atoms with van der Waals surface area (Å²) in [5.41, 5.74) is 4.42. The minimum atomic E-state index is -4.54. The topological polar surface area (TPSA) is 70.0 Å². The van der Waals surface area contributed by atoms with Crippen LogP contribution in [0.5, 0.6) is 0 Å². The van der Waals surface area contributed by atoms with Gasteiger partial charge >= 0.3 is 7.82 Å². The standard InChI is InChI=1S/C31H54NO4P/c1-22(2)10-8-11-24(4)28-17-18-29-25(12-9-19-31(28,29)5)15-16-26-20-27(14-13-23(26)3)30(21-32(6)7)36-37(33,34)35/h15-16,22,24,27-30H,3,8-14,17-21H2,1-2,4-7H3,(H2,33,34,35)/b25-15+,26-16-/t24-,27+,28-,29+,30?,31-/m1/s1. The van der Waals surface area contributed by atoms with Crippen LogP contribution in [-0.2, 0) is 9.09 Å². The first-order chi connectivity index (χ1) is 17.3. The quantitative estimate of drug-likeness (QED) is 0.263. The predicted octanol–water partition coefficient (Wildman–Crippen LogP) is 7.91. The number of allylic oxidation sites excluding steroid dienone is 5. The minimum absolute atomic E-state index is 0.0735. The van der Waals surface area contributed by atoms with Crippen LogP contribution in [0, 0.1) is 35.0 Å². The molecule has 0 heterocycles. The maximum atomic E-state index is 11.7. The Morgan fingerprint density at radius 1 is 1.14 bits per heavy atom. The number of hydrogen-bond acceptors (Lipinski definition) is 3. The molecule has 5 nitrogen and oxygen atoms in total. The van der Waals surface area contributed by atoms with Gasteiger partial charge in [-0.05, 0) is 106 Å². The summed E-state index contributed by atoms with van der Waals surface area (Å²) in [6.07, 6.45) is 17.2. The summed E-state index contributed by atoms with van der Waals surface area (Å²) in [5.74, 6) is 3.18. The third-order valence-electron chi connectivity index (χ3n) is 9.76. The Labute approximate surface area is 227 Å². The lowest BCUT2D eigenvalue weighted by Crippen LogP contribution is -2.36. The molecule has 0 aromatic rings. The van der Waals surface area contributed by atoms with Gasteiger partial charge in [0.15, 0.2) is 0 Å². The Kier molecular flexibility index (Phi) is 10.9. The van der Waals surface area contributed by atoms with Crippen LogP contribution in [0.15, 0.2) is 35.5 Å². The van der Waals surface area contributed by atoms with Crippen molar-refractivity contribution in [2.45, 2.75) is 104 Å². The second kappa shape index (κ2) is 13.1. The molecule has 2 N–H and O–H groups in total. The van der Waals surface area contributed by atoms with Gasteiger partial charge in [0.2, 0.25) is 0 Å². The van der Waals surface area contributed by atoms with Crippen molar-refractivity contribution in [2.24, 2.45) is 35.0 Å². The second-order valence-corrected chi connectivity index (χ2v) is 14.5. The van der Waals surface area contributed by atoms with Crippen LogP contribution in [0.3, 0.4) is 0 Å². The van der Waals surface area contributed by atoms with Gasteiger partial charge in [-0.3, -0.25) is 4.52 Å². The number of likely N-dealkylation sites (N-methyl/N-ethyl adjacent to an activating group) is 1. The second-order valence-electron chi connectivity index (χ2n) is 13.3. The van der Waals surface area contributed by atoms with E-state index < -0.39 is 13.9 Å². The molecule has 0 radical (unpaired) electrons. The van der Waals surface area contributed by atoms with E-state index in [-0.39, 0.29) is 5.92 Å². The van der Waals surface area contributed by atoms with E-state index in [9.17, 15) is 14.4 Å². The summed E-state index contributed by atoms with van der Waals surface area (Å²) in [5, 5.41) is 0. The first-order valence-corrected chi connectivity index (χ1v) is 16.3. The SMILES string of the molecule is C=C1CC[C@H](C(CN(C)C)OP(=O)(O)O)C/C1=C/C=C1\CCC[C@]2(C)[C@@H]([C@H](C)CCCC(C)C)CC[C@@H]12. The molecule has 3 aliphatic carbocycles. The summed E-state index contributed by atoms with van der Waals surface area (Å²) in [7, 11) is -0.713. The summed E-state index contributed by atoms with van der Waals surface area (Å²) in [6.45, 7) is 14.6. The Morgan fingerprint density at radius 3 is 2.51 bits per heavy atom. The molecule has 212 valence electrons. The molecule has 0 aliphatic heterocycles. The van der Waals surface area contributed by atoms with Crippen LogP contribution in [-0.4, -0.2) is 41.4 Å². The van der Waals surface area contributed by atoms with E-state index in [2.05, 4.69) is 46.4 Å². The molecular weight excluding hydrogens is 481 g/mol. The fourth-order valence-corrected chi connectivity index (χ4v) is 8.42. The molecule has 37 heavy (non-hydrogen) atoms. The molecule has 6 heteroatoms. The predicted molar refractivity (Wildman–Crippen MR) is 154 cm³/mol. The maximum Gasteiger partial charge on any atom is 0.469 e. The third-order valence-corrected chi connectivity index (χ3v) is 10.3. The Bertz CT molecular complexity index is 888. The monoisotopic (exact) mass is 535 g/mol. The van der Waals surface area contributed by atoms with Crippen molar-refractivity contribution in [3.05, 3.63) is 35.5 Å². The molecule has 0 bridgehead atoms. The average molecular weight is 536 g/mol. The highest BCUT2D eigenvalue weighted by atomic mass is 31.2. The molecule has 0 saturated heterocycles. The molecule has 3 saturated carbocycles. The van der Waals surface area contributed by atoms with Gasteiger partial charge in [-0.2, -0.15) is 0 Å². The van der Waals surface area contributed by atoms with E-state index >= 15 is 0 Å². The van der Waals surface area contributed by atoms with Crippen molar-refractivity contribution in [1.29, 1.82) is 0 Å². The zero-order chi connectivity index (χ0) is 27.4. The van der Waals surface area contributed by atoms with Gasteiger partial charge in [-0.25, -0.2) is 4.57 Å². The maximum absolute atomic E-state index is 11.7. The lowest BCUT2D eigenvalue weighted by molar-refractivity contribution is 0.0615. The molecule has 0 spiro atoms. The van der Waals surface area contributed by atoms with Gasteiger partial charge in [0.25, 0.3) is 0 Å². The first kappa shape index (κ1) is 30.8. The van der Waals surface area contributed by atoms with Gasteiger partial charge in [0, 0.05) is 6.54 Å². The van der Waals surface area contributed by atoms with Crippen LogP contribution >= 0.6 is 7.82 Å². The molecule has 3 rings (SSSR count). The van der Waals surface area contributed by atoms with Crippen molar-refractivity contribution in [2.75, 3.05) is 20.6 Å². The summed E-state index contributed by atoms with van der Waals surface area (Å²) < 4.78 is 16.9. The number of hydrogen-bond donors (Lipinski definition) is 2. The van der Waals surface area contributed by atoms with E-state index in [1.165, 1.54) is 56.9 Å². The number of nitrogens with zero attached hydrogens (tertiary/aromatic N) is 1. The normalized spacial score (nSPS) is 32.9. The van der Waals surface area contributed by atoms with Crippen molar-refractivity contribution in [1.82, 2.24) is 4.90 Å².